The van der Waals surface area contributed by atoms with Gasteiger partial charge in [-0.3, -0.25) is 19.2 Å². The van der Waals surface area contributed by atoms with Gasteiger partial charge < -0.3 is 20.7 Å². The predicted molar refractivity (Wildman–Crippen MR) is 108 cm³/mol. The van der Waals surface area contributed by atoms with E-state index in [1.807, 2.05) is 19.1 Å². The highest BCUT2D eigenvalue weighted by Crippen LogP contribution is 2.26. The minimum atomic E-state index is -0.560. The van der Waals surface area contributed by atoms with Gasteiger partial charge in [0.2, 0.25) is 17.7 Å². The largest absolute Gasteiger partial charge is 0.469 e. The molecule has 3 amide bonds. The molecule has 1 fully saturated rings. The van der Waals surface area contributed by atoms with Crippen LogP contribution in [-0.2, 0) is 23.9 Å². The molecule has 3 N–H and O–H groups in total. The lowest BCUT2D eigenvalue weighted by atomic mass is 9.93. The number of methoxy groups -OCH3 is 1. The number of nitrogens with one attached hydrogen (secondary N) is 3. The monoisotopic (exact) mass is 401 g/mol. The maximum atomic E-state index is 12.7. The van der Waals surface area contributed by atoms with Crippen molar-refractivity contribution in [2.45, 2.75) is 45.2 Å². The zero-order valence-electron chi connectivity index (χ0n) is 16.9. The summed E-state index contributed by atoms with van der Waals surface area (Å²) in [6.45, 7) is 3.34. The lowest BCUT2D eigenvalue weighted by Crippen LogP contribution is -2.44. The lowest BCUT2D eigenvalue weighted by Gasteiger charge is -2.26. The Morgan fingerprint density at radius 3 is 2.72 bits per heavy atom. The van der Waals surface area contributed by atoms with Crippen molar-refractivity contribution in [3.63, 3.8) is 0 Å². The van der Waals surface area contributed by atoms with Gasteiger partial charge in [-0.05, 0) is 30.0 Å². The molecular weight excluding hydrogens is 374 g/mol. The highest BCUT2D eigenvalue weighted by molar-refractivity contribution is 5.91. The van der Waals surface area contributed by atoms with Crippen molar-refractivity contribution >= 4 is 29.4 Å². The van der Waals surface area contributed by atoms with Crippen molar-refractivity contribution in [3.05, 3.63) is 42.0 Å². The lowest BCUT2D eigenvalue weighted by molar-refractivity contribution is -0.139. The van der Waals surface area contributed by atoms with Crippen LogP contribution in [0, 0.1) is 5.92 Å². The molecule has 156 valence electrons. The van der Waals surface area contributed by atoms with Crippen molar-refractivity contribution in [1.82, 2.24) is 10.6 Å². The van der Waals surface area contributed by atoms with Crippen LogP contribution in [0.5, 0.6) is 0 Å². The maximum absolute atomic E-state index is 12.7. The minimum absolute atomic E-state index is 0.131. The molecule has 1 aliphatic rings. The summed E-state index contributed by atoms with van der Waals surface area (Å²) in [5, 5.41) is 8.39. The van der Waals surface area contributed by atoms with E-state index in [2.05, 4.69) is 20.7 Å². The molecule has 0 saturated carbocycles. The van der Waals surface area contributed by atoms with Crippen molar-refractivity contribution in [1.29, 1.82) is 0 Å². The normalized spacial score (nSPS) is 18.0. The molecule has 2 rings (SSSR count). The van der Waals surface area contributed by atoms with Gasteiger partial charge in [0.15, 0.2) is 0 Å². The molecule has 1 aromatic rings. The van der Waals surface area contributed by atoms with Crippen molar-refractivity contribution < 1.29 is 23.9 Å². The summed E-state index contributed by atoms with van der Waals surface area (Å²) in [5.41, 5.74) is 1.42. The van der Waals surface area contributed by atoms with Crippen LogP contribution in [0.3, 0.4) is 0 Å². The Hall–Kier alpha value is -3.16. The number of carbonyl (C=O) groups excluding carboxylic acids is 4. The molecular formula is C21H27N3O5. The molecule has 1 unspecified atom stereocenters. The predicted octanol–water partition coefficient (Wildman–Crippen LogP) is 1.84. The van der Waals surface area contributed by atoms with Crippen molar-refractivity contribution in [3.8, 4) is 0 Å². The van der Waals surface area contributed by atoms with Gasteiger partial charge in [-0.1, -0.05) is 31.2 Å². The maximum Gasteiger partial charge on any atom is 0.309 e. The molecule has 1 aliphatic heterocycles. The van der Waals surface area contributed by atoms with Gasteiger partial charge >= 0.3 is 5.97 Å². The van der Waals surface area contributed by atoms with E-state index >= 15 is 0 Å². The van der Waals surface area contributed by atoms with E-state index in [1.54, 1.807) is 24.3 Å². The molecule has 0 radical (unpaired) electrons. The summed E-state index contributed by atoms with van der Waals surface area (Å²) in [5.74, 6) is -1.11. The summed E-state index contributed by atoms with van der Waals surface area (Å²) in [6.07, 6.45) is 4.45. The molecule has 8 heteroatoms. The first-order chi connectivity index (χ1) is 13.8. The van der Waals surface area contributed by atoms with E-state index in [0.717, 1.165) is 5.56 Å². The highest BCUT2D eigenvalue weighted by Gasteiger charge is 2.30. The van der Waals surface area contributed by atoms with Crippen LogP contribution in [0.15, 0.2) is 36.4 Å². The Morgan fingerprint density at radius 1 is 1.34 bits per heavy atom. The average Bonchev–Trinajstić information content (AvgIpc) is 3.11. The number of amides is 3. The SMILES string of the molecule is COC(=O)C/C=C/[C@H](C)[C@@H](NC(=O)C1CCC(=O)N1)c1cccc(NC(C)=O)c1. The van der Waals surface area contributed by atoms with Crippen LogP contribution in [0.4, 0.5) is 5.69 Å². The number of benzene rings is 1. The molecule has 0 spiro atoms. The Bertz CT molecular complexity index is 805. The van der Waals surface area contributed by atoms with Gasteiger partial charge in [-0.15, -0.1) is 0 Å². The van der Waals surface area contributed by atoms with Gasteiger partial charge in [0, 0.05) is 19.0 Å². The number of rotatable bonds is 8. The van der Waals surface area contributed by atoms with Gasteiger partial charge in [-0.25, -0.2) is 0 Å². The second-order valence-corrected chi connectivity index (χ2v) is 7.02. The topological polar surface area (TPSA) is 114 Å². The number of anilines is 1. The van der Waals surface area contributed by atoms with Crippen molar-refractivity contribution in [2.24, 2.45) is 5.92 Å². The first kappa shape index (κ1) is 22.1. The van der Waals surface area contributed by atoms with E-state index < -0.39 is 12.1 Å². The fraction of sp³-hybridized carbons (Fsp3) is 0.429. The van der Waals surface area contributed by atoms with Gasteiger partial charge in [0.05, 0.1) is 19.6 Å². The van der Waals surface area contributed by atoms with Gasteiger partial charge in [0.25, 0.3) is 0 Å². The smallest absolute Gasteiger partial charge is 0.309 e. The highest BCUT2D eigenvalue weighted by atomic mass is 16.5. The van der Waals surface area contributed by atoms with Crippen LogP contribution in [0.2, 0.25) is 0 Å². The van der Waals surface area contributed by atoms with Crippen LogP contribution in [-0.4, -0.2) is 36.8 Å². The first-order valence-corrected chi connectivity index (χ1v) is 9.51. The van der Waals surface area contributed by atoms with E-state index in [-0.39, 0.29) is 36.0 Å². The number of esters is 1. The zero-order valence-corrected chi connectivity index (χ0v) is 16.9. The van der Waals surface area contributed by atoms with Crippen LogP contribution >= 0.6 is 0 Å². The van der Waals surface area contributed by atoms with Gasteiger partial charge in [-0.2, -0.15) is 0 Å². The van der Waals surface area contributed by atoms with Crippen LogP contribution in [0.1, 0.15) is 44.7 Å². The molecule has 1 saturated heterocycles. The molecule has 0 bridgehead atoms. The summed E-state index contributed by atoms with van der Waals surface area (Å²) < 4.78 is 4.63. The van der Waals surface area contributed by atoms with Crippen LogP contribution in [0.25, 0.3) is 0 Å². The molecule has 1 aromatic carbocycles. The molecule has 3 atom stereocenters. The molecule has 0 aromatic heterocycles. The third-order valence-electron chi connectivity index (χ3n) is 4.65. The standard InChI is InChI=1S/C21H27N3O5/c1-13(6-4-9-19(27)29-3)20(24-21(28)17-10-11-18(26)23-17)15-7-5-8-16(12-15)22-14(2)25/h4-8,12-13,17,20H,9-11H2,1-3H3,(H,22,25)(H,23,26)(H,24,28)/b6-4+/t13-,17?,20+/m0/s1. The second-order valence-electron chi connectivity index (χ2n) is 7.02. The zero-order chi connectivity index (χ0) is 21.4. The third kappa shape index (κ3) is 6.74. The number of hydrogen-bond acceptors (Lipinski definition) is 5. The summed E-state index contributed by atoms with van der Waals surface area (Å²) in [6, 6.07) is 6.23. The Balaban J connectivity index is 2.22. The summed E-state index contributed by atoms with van der Waals surface area (Å²) in [7, 11) is 1.33. The fourth-order valence-electron chi connectivity index (χ4n) is 3.17. The quantitative estimate of drug-likeness (QED) is 0.454. The molecule has 29 heavy (non-hydrogen) atoms. The molecule has 8 nitrogen and oxygen atoms in total. The molecule has 0 aliphatic carbocycles. The summed E-state index contributed by atoms with van der Waals surface area (Å²) >= 11 is 0. The van der Waals surface area contributed by atoms with E-state index in [1.165, 1.54) is 14.0 Å². The second kappa shape index (κ2) is 10.4. The first-order valence-electron chi connectivity index (χ1n) is 9.51. The third-order valence-corrected chi connectivity index (χ3v) is 4.65. The number of carbonyl (C=O) groups is 4. The Kier molecular flexibility index (Phi) is 7.94. The van der Waals surface area contributed by atoms with E-state index in [4.69, 9.17) is 0 Å². The Morgan fingerprint density at radius 2 is 2.10 bits per heavy atom. The fourth-order valence-corrected chi connectivity index (χ4v) is 3.17. The average molecular weight is 401 g/mol. The number of ether oxygens (including phenoxy) is 1. The minimum Gasteiger partial charge on any atom is -0.469 e. The Labute approximate surface area is 170 Å². The molecule has 1 heterocycles. The van der Waals surface area contributed by atoms with E-state index in [0.29, 0.717) is 18.5 Å². The van der Waals surface area contributed by atoms with Crippen LogP contribution < -0.4 is 16.0 Å². The summed E-state index contributed by atoms with van der Waals surface area (Å²) in [4.78, 5) is 46.8. The van der Waals surface area contributed by atoms with Crippen molar-refractivity contribution in [2.75, 3.05) is 12.4 Å². The number of hydrogen-bond donors (Lipinski definition) is 3. The van der Waals surface area contributed by atoms with Gasteiger partial charge in [0.1, 0.15) is 6.04 Å². The van der Waals surface area contributed by atoms with E-state index in [9.17, 15) is 19.2 Å².